The van der Waals surface area contributed by atoms with Crippen molar-refractivity contribution in [1.29, 1.82) is 0 Å². The van der Waals surface area contributed by atoms with E-state index in [2.05, 4.69) is 32.6 Å². The largest absolute Gasteiger partial charge is 0.444 e. The van der Waals surface area contributed by atoms with E-state index in [0.717, 1.165) is 12.8 Å². The SMILES string of the molecule is C/C=C(C#CC1CC1)\C=C(\C=O)C(=O)C(Cc1ccc(-c2noc(-c3ccc(NC(=O)OC(C)(C)C)cc3)n2)c(F)c1)NC. The molecule has 10 heteroatoms. The van der Waals surface area contributed by atoms with Crippen LogP contribution in [0.4, 0.5) is 14.9 Å². The average Bonchev–Trinajstić information content (AvgIpc) is 3.69. The second kappa shape index (κ2) is 14.1. The number of Topliss-reactive ketones (excluding diaryl/α,β-unsaturated/α-hetero) is 1. The molecule has 44 heavy (non-hydrogen) atoms. The summed E-state index contributed by atoms with van der Waals surface area (Å²) in [6, 6.07) is 10.4. The number of ether oxygens (including phenoxy) is 1. The summed E-state index contributed by atoms with van der Waals surface area (Å²) in [5.41, 5.74) is 1.73. The van der Waals surface area contributed by atoms with E-state index in [0.29, 0.717) is 34.6 Å². The number of hydrogen-bond acceptors (Lipinski definition) is 8. The zero-order valence-corrected chi connectivity index (χ0v) is 25.4. The van der Waals surface area contributed by atoms with Gasteiger partial charge in [-0.15, -0.1) is 0 Å². The Balaban J connectivity index is 1.44. The highest BCUT2D eigenvalue weighted by Crippen LogP contribution is 2.28. The molecule has 0 aliphatic heterocycles. The van der Waals surface area contributed by atoms with E-state index < -0.39 is 29.3 Å². The Morgan fingerprint density at radius 3 is 2.50 bits per heavy atom. The average molecular weight is 599 g/mol. The third-order valence-electron chi connectivity index (χ3n) is 6.61. The summed E-state index contributed by atoms with van der Waals surface area (Å²) in [5, 5.41) is 9.50. The normalized spacial score (nSPS) is 14.3. The Morgan fingerprint density at radius 2 is 1.91 bits per heavy atom. The quantitative estimate of drug-likeness (QED) is 0.0720. The van der Waals surface area contributed by atoms with Gasteiger partial charge in [0.1, 0.15) is 11.4 Å². The molecule has 1 saturated carbocycles. The number of aromatic nitrogens is 2. The van der Waals surface area contributed by atoms with E-state index >= 15 is 4.39 Å². The Hall–Kier alpha value is -4.88. The summed E-state index contributed by atoms with van der Waals surface area (Å²) >= 11 is 0. The number of anilines is 1. The van der Waals surface area contributed by atoms with E-state index in [9.17, 15) is 14.4 Å². The Labute approximate surface area is 256 Å². The highest BCUT2D eigenvalue weighted by atomic mass is 19.1. The van der Waals surface area contributed by atoms with Gasteiger partial charge in [-0.25, -0.2) is 9.18 Å². The van der Waals surface area contributed by atoms with Crippen molar-refractivity contribution in [2.24, 2.45) is 5.92 Å². The van der Waals surface area contributed by atoms with E-state index in [-0.39, 0.29) is 29.3 Å². The number of allylic oxidation sites excluding steroid dienone is 3. The second-order valence-corrected chi connectivity index (χ2v) is 11.4. The molecule has 1 aliphatic carbocycles. The van der Waals surface area contributed by atoms with Gasteiger partial charge in [0.2, 0.25) is 5.82 Å². The maximum Gasteiger partial charge on any atom is 0.412 e. The summed E-state index contributed by atoms with van der Waals surface area (Å²) < 4.78 is 25.8. The number of carbonyl (C=O) groups excluding carboxylic acids is 3. The first kappa shape index (κ1) is 32.0. The maximum absolute atomic E-state index is 15.2. The molecule has 2 N–H and O–H groups in total. The number of rotatable bonds is 10. The number of halogens is 1. The number of carbonyl (C=O) groups is 3. The van der Waals surface area contributed by atoms with Crippen LogP contribution in [0.15, 0.2) is 70.3 Å². The number of amides is 1. The molecule has 0 radical (unpaired) electrons. The Kier molecular flexibility index (Phi) is 10.2. The number of aldehydes is 1. The molecule has 1 atom stereocenters. The van der Waals surface area contributed by atoms with Crippen LogP contribution >= 0.6 is 0 Å². The minimum Gasteiger partial charge on any atom is -0.444 e. The highest BCUT2D eigenvalue weighted by Gasteiger charge is 2.23. The second-order valence-electron chi connectivity index (χ2n) is 11.4. The molecule has 228 valence electrons. The van der Waals surface area contributed by atoms with E-state index in [4.69, 9.17) is 9.26 Å². The van der Waals surface area contributed by atoms with Crippen LogP contribution in [0.1, 0.15) is 46.1 Å². The van der Waals surface area contributed by atoms with Gasteiger partial charge < -0.3 is 14.6 Å². The van der Waals surface area contributed by atoms with Crippen molar-refractivity contribution in [3.8, 4) is 34.7 Å². The molecule has 1 amide bonds. The molecule has 3 aromatic rings. The molecule has 1 heterocycles. The number of hydrogen-bond donors (Lipinski definition) is 2. The topological polar surface area (TPSA) is 123 Å². The summed E-state index contributed by atoms with van der Waals surface area (Å²) in [7, 11) is 1.61. The number of benzene rings is 2. The molecule has 1 fully saturated rings. The molecule has 0 spiro atoms. The minimum atomic E-state index is -0.754. The van der Waals surface area contributed by atoms with Gasteiger partial charge in [-0.1, -0.05) is 29.1 Å². The third-order valence-corrected chi connectivity index (χ3v) is 6.61. The maximum atomic E-state index is 15.2. The zero-order valence-electron chi connectivity index (χ0n) is 25.4. The highest BCUT2D eigenvalue weighted by molar-refractivity contribution is 6.14. The van der Waals surface area contributed by atoms with Gasteiger partial charge in [-0.05, 0) is 102 Å². The predicted molar refractivity (Wildman–Crippen MR) is 165 cm³/mol. The van der Waals surface area contributed by atoms with Gasteiger partial charge in [-0.3, -0.25) is 14.9 Å². The van der Waals surface area contributed by atoms with E-state index in [1.54, 1.807) is 71.2 Å². The lowest BCUT2D eigenvalue weighted by Gasteiger charge is -2.19. The van der Waals surface area contributed by atoms with Crippen LogP contribution in [-0.4, -0.2) is 47.0 Å². The fraction of sp³-hybridized carbons (Fsp3) is 0.324. The van der Waals surface area contributed by atoms with Crippen molar-refractivity contribution in [2.45, 2.75) is 58.6 Å². The van der Waals surface area contributed by atoms with Gasteiger partial charge in [0.05, 0.1) is 17.2 Å². The van der Waals surface area contributed by atoms with Crippen molar-refractivity contribution >= 4 is 23.9 Å². The predicted octanol–water partition coefficient (Wildman–Crippen LogP) is 6.07. The van der Waals surface area contributed by atoms with Crippen LogP contribution in [0.2, 0.25) is 0 Å². The summed E-state index contributed by atoms with van der Waals surface area (Å²) in [5.74, 6) is 5.77. The molecule has 0 saturated heterocycles. The van der Waals surface area contributed by atoms with Crippen LogP contribution in [-0.2, 0) is 20.7 Å². The fourth-order valence-electron chi connectivity index (χ4n) is 4.13. The molecular weight excluding hydrogens is 563 g/mol. The van der Waals surface area contributed by atoms with Gasteiger partial charge >= 0.3 is 6.09 Å². The van der Waals surface area contributed by atoms with Crippen LogP contribution in [0, 0.1) is 23.6 Å². The molecule has 4 rings (SSSR count). The Morgan fingerprint density at radius 1 is 1.18 bits per heavy atom. The lowest BCUT2D eigenvalue weighted by atomic mass is 9.96. The van der Waals surface area contributed by atoms with Crippen molar-refractivity contribution in [3.05, 3.63) is 77.1 Å². The lowest BCUT2D eigenvalue weighted by Crippen LogP contribution is -2.37. The number of ketones is 1. The van der Waals surface area contributed by atoms with Gasteiger partial charge in [-0.2, -0.15) is 4.98 Å². The lowest BCUT2D eigenvalue weighted by molar-refractivity contribution is -0.119. The molecular formula is C34H35FN4O5. The van der Waals surface area contributed by atoms with Crippen molar-refractivity contribution in [2.75, 3.05) is 12.4 Å². The number of nitrogens with zero attached hydrogens (tertiary/aromatic N) is 2. The van der Waals surface area contributed by atoms with Crippen LogP contribution in [0.3, 0.4) is 0 Å². The van der Waals surface area contributed by atoms with Crippen molar-refractivity contribution in [3.63, 3.8) is 0 Å². The van der Waals surface area contributed by atoms with E-state index in [1.165, 1.54) is 18.2 Å². The fourth-order valence-corrected chi connectivity index (χ4v) is 4.13. The van der Waals surface area contributed by atoms with Gasteiger partial charge in [0, 0.05) is 22.7 Å². The standard InChI is InChI=1S/C34H35FN4O5/c1-6-21(7-8-22-9-10-22)17-25(20-40)30(41)29(36-5)19-23-11-16-27(28(35)18-23)31-38-32(44-39-31)24-12-14-26(15-13-24)37-33(42)43-34(2,3)4/h6,11-18,20,22,29,36H,9-10,19H2,1-5H3,(H,37,42)/b21-6-,25-17-. The summed E-state index contributed by atoms with van der Waals surface area (Å²) in [6.07, 6.45) is 5.50. The van der Waals surface area contributed by atoms with E-state index in [1.807, 2.05) is 0 Å². The molecule has 1 unspecified atom stereocenters. The first-order chi connectivity index (χ1) is 21.0. The van der Waals surface area contributed by atoms with Gasteiger partial charge in [0.25, 0.3) is 5.89 Å². The minimum absolute atomic E-state index is 0.00683. The smallest absolute Gasteiger partial charge is 0.412 e. The van der Waals surface area contributed by atoms with Crippen LogP contribution in [0.25, 0.3) is 22.8 Å². The first-order valence-corrected chi connectivity index (χ1v) is 14.3. The summed E-state index contributed by atoms with van der Waals surface area (Å²) in [4.78, 5) is 41.3. The van der Waals surface area contributed by atoms with Crippen molar-refractivity contribution < 1.29 is 28.0 Å². The van der Waals surface area contributed by atoms with Crippen LogP contribution < -0.4 is 10.6 Å². The van der Waals surface area contributed by atoms with Crippen molar-refractivity contribution in [1.82, 2.24) is 15.5 Å². The summed E-state index contributed by atoms with van der Waals surface area (Å²) in [6.45, 7) is 7.12. The molecule has 0 bridgehead atoms. The zero-order chi connectivity index (χ0) is 31.9. The first-order valence-electron chi connectivity index (χ1n) is 14.3. The monoisotopic (exact) mass is 598 g/mol. The third kappa shape index (κ3) is 8.82. The van der Waals surface area contributed by atoms with Crippen LogP contribution in [0.5, 0.6) is 0 Å². The molecule has 2 aromatic carbocycles. The van der Waals surface area contributed by atoms with Gasteiger partial charge in [0.15, 0.2) is 12.1 Å². The Bertz CT molecular complexity index is 1650. The molecule has 9 nitrogen and oxygen atoms in total. The molecule has 1 aromatic heterocycles. The number of likely N-dealkylation sites (N-methyl/N-ethyl adjacent to an activating group) is 1. The molecule has 1 aliphatic rings. The number of nitrogens with one attached hydrogen (secondary N) is 2.